The lowest BCUT2D eigenvalue weighted by atomic mass is 10.0. The first kappa shape index (κ1) is 15.2. The van der Waals surface area contributed by atoms with Gasteiger partial charge in [0.25, 0.3) is 0 Å². The van der Waals surface area contributed by atoms with Gasteiger partial charge >= 0.3 is 5.97 Å². The number of carbonyl (C=O) groups excluding carboxylic acids is 1. The molecule has 0 radical (unpaired) electrons. The van der Waals surface area contributed by atoms with Gasteiger partial charge in [0.2, 0.25) is 0 Å². The van der Waals surface area contributed by atoms with Crippen molar-refractivity contribution in [2.24, 2.45) is 7.05 Å². The highest BCUT2D eigenvalue weighted by molar-refractivity contribution is 6.09. The number of methoxy groups -OCH3 is 1. The van der Waals surface area contributed by atoms with Crippen molar-refractivity contribution in [3.63, 3.8) is 0 Å². The van der Waals surface area contributed by atoms with Crippen LogP contribution < -0.4 is 4.74 Å². The molecule has 1 aromatic heterocycles. The number of carbonyl (C=O) groups is 1. The number of hydrogen-bond acceptors (Lipinski definition) is 3. The van der Waals surface area contributed by atoms with Gasteiger partial charge in [0.1, 0.15) is 11.4 Å². The SMILES string of the molecule is CCOC(=O)c1c(-c2ccccc2)c2cc(OC)ccc2n1C. The summed E-state index contributed by atoms with van der Waals surface area (Å²) in [6.07, 6.45) is 0. The maximum absolute atomic E-state index is 12.5. The molecule has 118 valence electrons. The lowest BCUT2D eigenvalue weighted by Gasteiger charge is -2.07. The second kappa shape index (κ2) is 6.16. The van der Waals surface area contributed by atoms with E-state index in [0.717, 1.165) is 27.8 Å². The van der Waals surface area contributed by atoms with E-state index in [2.05, 4.69) is 0 Å². The van der Waals surface area contributed by atoms with Gasteiger partial charge in [-0.15, -0.1) is 0 Å². The van der Waals surface area contributed by atoms with Crippen LogP contribution >= 0.6 is 0 Å². The van der Waals surface area contributed by atoms with Crippen LogP contribution in [0.15, 0.2) is 48.5 Å². The van der Waals surface area contributed by atoms with E-state index < -0.39 is 0 Å². The lowest BCUT2D eigenvalue weighted by molar-refractivity contribution is 0.0517. The van der Waals surface area contributed by atoms with Crippen molar-refractivity contribution in [3.05, 3.63) is 54.2 Å². The third-order valence-electron chi connectivity index (χ3n) is 3.94. The number of hydrogen-bond donors (Lipinski definition) is 0. The number of aryl methyl sites for hydroxylation is 1. The van der Waals surface area contributed by atoms with E-state index >= 15 is 0 Å². The zero-order valence-electron chi connectivity index (χ0n) is 13.5. The fourth-order valence-corrected chi connectivity index (χ4v) is 2.89. The molecule has 0 unspecified atom stereocenters. The molecular formula is C19H19NO3. The van der Waals surface area contributed by atoms with Crippen LogP contribution in [-0.2, 0) is 11.8 Å². The molecule has 2 aromatic carbocycles. The Hall–Kier alpha value is -2.75. The Balaban J connectivity index is 2.36. The van der Waals surface area contributed by atoms with Crippen molar-refractivity contribution in [2.75, 3.05) is 13.7 Å². The molecule has 4 nitrogen and oxygen atoms in total. The Morgan fingerprint density at radius 3 is 2.52 bits per heavy atom. The van der Waals surface area contributed by atoms with Crippen LogP contribution in [0.3, 0.4) is 0 Å². The molecule has 3 aromatic rings. The molecule has 0 N–H and O–H groups in total. The predicted octanol–water partition coefficient (Wildman–Crippen LogP) is 4.03. The number of fused-ring (bicyclic) bond motifs is 1. The first-order valence-corrected chi connectivity index (χ1v) is 7.56. The van der Waals surface area contributed by atoms with Gasteiger partial charge in [-0.3, -0.25) is 0 Å². The molecule has 4 heteroatoms. The quantitative estimate of drug-likeness (QED) is 0.683. The van der Waals surface area contributed by atoms with E-state index in [9.17, 15) is 4.79 Å². The standard InChI is InChI=1S/C19H19NO3/c1-4-23-19(21)18-17(13-8-6-5-7-9-13)15-12-14(22-3)10-11-16(15)20(18)2/h5-12H,4H2,1-3H3. The van der Waals surface area contributed by atoms with Crippen molar-refractivity contribution in [2.45, 2.75) is 6.92 Å². The normalized spacial score (nSPS) is 10.7. The lowest BCUT2D eigenvalue weighted by Crippen LogP contribution is -2.11. The van der Waals surface area contributed by atoms with E-state index in [1.165, 1.54) is 0 Å². The summed E-state index contributed by atoms with van der Waals surface area (Å²) in [5.41, 5.74) is 3.38. The number of esters is 1. The topological polar surface area (TPSA) is 40.5 Å². The van der Waals surface area contributed by atoms with Crippen molar-refractivity contribution >= 4 is 16.9 Å². The van der Waals surface area contributed by atoms with Gasteiger partial charge in [0.05, 0.1) is 13.7 Å². The second-order valence-electron chi connectivity index (χ2n) is 5.25. The molecule has 0 saturated heterocycles. The van der Waals surface area contributed by atoms with Gasteiger partial charge in [-0.25, -0.2) is 4.79 Å². The van der Waals surface area contributed by atoms with E-state index in [4.69, 9.17) is 9.47 Å². The predicted molar refractivity (Wildman–Crippen MR) is 90.9 cm³/mol. The summed E-state index contributed by atoms with van der Waals surface area (Å²) in [6.45, 7) is 2.16. The van der Waals surface area contributed by atoms with Crippen LogP contribution in [0.25, 0.3) is 22.0 Å². The van der Waals surface area contributed by atoms with Gasteiger partial charge in [-0.2, -0.15) is 0 Å². The maximum atomic E-state index is 12.5. The average molecular weight is 309 g/mol. The molecule has 0 aliphatic heterocycles. The van der Waals surface area contributed by atoms with Crippen molar-refractivity contribution < 1.29 is 14.3 Å². The number of rotatable bonds is 4. The van der Waals surface area contributed by atoms with Gasteiger partial charge in [0.15, 0.2) is 0 Å². The highest BCUT2D eigenvalue weighted by atomic mass is 16.5. The molecular weight excluding hydrogens is 290 g/mol. The third kappa shape index (κ3) is 2.57. The fourth-order valence-electron chi connectivity index (χ4n) is 2.89. The van der Waals surface area contributed by atoms with Crippen molar-refractivity contribution in [1.29, 1.82) is 0 Å². The third-order valence-corrected chi connectivity index (χ3v) is 3.94. The summed E-state index contributed by atoms with van der Waals surface area (Å²) >= 11 is 0. The van der Waals surface area contributed by atoms with E-state index in [1.54, 1.807) is 7.11 Å². The summed E-state index contributed by atoms with van der Waals surface area (Å²) in [4.78, 5) is 12.5. The zero-order chi connectivity index (χ0) is 16.4. The largest absolute Gasteiger partial charge is 0.497 e. The van der Waals surface area contributed by atoms with Crippen molar-refractivity contribution in [3.8, 4) is 16.9 Å². The summed E-state index contributed by atoms with van der Waals surface area (Å²) in [6, 6.07) is 15.7. The minimum Gasteiger partial charge on any atom is -0.497 e. The number of nitrogens with zero attached hydrogens (tertiary/aromatic N) is 1. The monoisotopic (exact) mass is 309 g/mol. The average Bonchev–Trinajstić information content (AvgIpc) is 2.88. The highest BCUT2D eigenvalue weighted by Gasteiger charge is 2.23. The van der Waals surface area contributed by atoms with E-state index in [1.807, 2.05) is 67.1 Å². The Labute approximate surface area is 135 Å². The molecule has 0 fully saturated rings. The Kier molecular flexibility index (Phi) is 4.06. The van der Waals surface area contributed by atoms with Crippen LogP contribution in [0, 0.1) is 0 Å². The molecule has 0 spiro atoms. The Bertz CT molecular complexity index is 850. The number of aromatic nitrogens is 1. The van der Waals surface area contributed by atoms with Crippen molar-refractivity contribution in [1.82, 2.24) is 4.57 Å². The van der Waals surface area contributed by atoms with Gasteiger partial charge in [0, 0.05) is 23.5 Å². The van der Waals surface area contributed by atoms with E-state index in [-0.39, 0.29) is 5.97 Å². The van der Waals surface area contributed by atoms with Crippen LogP contribution in [0.1, 0.15) is 17.4 Å². The van der Waals surface area contributed by atoms with Crippen LogP contribution in [-0.4, -0.2) is 24.3 Å². The molecule has 23 heavy (non-hydrogen) atoms. The Morgan fingerprint density at radius 2 is 1.87 bits per heavy atom. The Morgan fingerprint density at radius 1 is 1.13 bits per heavy atom. The maximum Gasteiger partial charge on any atom is 0.355 e. The molecule has 0 bridgehead atoms. The molecule has 0 atom stereocenters. The molecule has 1 heterocycles. The highest BCUT2D eigenvalue weighted by Crippen LogP contribution is 2.36. The van der Waals surface area contributed by atoms with Gasteiger partial charge < -0.3 is 14.0 Å². The fraction of sp³-hybridized carbons (Fsp3) is 0.211. The smallest absolute Gasteiger partial charge is 0.355 e. The number of benzene rings is 2. The summed E-state index contributed by atoms with van der Waals surface area (Å²) < 4.78 is 12.5. The van der Waals surface area contributed by atoms with Gasteiger partial charge in [-0.05, 0) is 30.7 Å². The molecule has 0 aliphatic rings. The van der Waals surface area contributed by atoms with Crippen LogP contribution in [0.5, 0.6) is 5.75 Å². The van der Waals surface area contributed by atoms with Crippen LogP contribution in [0.4, 0.5) is 0 Å². The minimum absolute atomic E-state index is 0.316. The first-order valence-electron chi connectivity index (χ1n) is 7.56. The molecule has 0 amide bonds. The first-order chi connectivity index (χ1) is 11.2. The van der Waals surface area contributed by atoms with Crippen LogP contribution in [0.2, 0.25) is 0 Å². The minimum atomic E-state index is -0.316. The number of ether oxygens (including phenoxy) is 2. The summed E-state index contributed by atoms with van der Waals surface area (Å²) in [7, 11) is 3.52. The molecule has 0 aliphatic carbocycles. The zero-order valence-corrected chi connectivity index (χ0v) is 13.5. The van der Waals surface area contributed by atoms with Gasteiger partial charge in [-0.1, -0.05) is 30.3 Å². The van der Waals surface area contributed by atoms with E-state index in [0.29, 0.717) is 12.3 Å². The molecule has 3 rings (SSSR count). The summed E-state index contributed by atoms with van der Waals surface area (Å²) in [5, 5.41) is 0.973. The summed E-state index contributed by atoms with van der Waals surface area (Å²) in [5.74, 6) is 0.444. The molecule has 0 saturated carbocycles. The second-order valence-corrected chi connectivity index (χ2v) is 5.25.